The first-order chi connectivity index (χ1) is 7.93. The summed E-state index contributed by atoms with van der Waals surface area (Å²) in [6.45, 7) is 12.6. The zero-order valence-corrected chi connectivity index (χ0v) is 10.6. The Kier molecular flexibility index (Phi) is 7.71. The molecular weight excluding hydrogens is 218 g/mol. The summed E-state index contributed by atoms with van der Waals surface area (Å²) < 4.78 is 0. The Morgan fingerprint density at radius 2 is 1.65 bits per heavy atom. The Balaban J connectivity index is 3.50. The van der Waals surface area contributed by atoms with E-state index in [1.807, 2.05) is 0 Å². The molecule has 96 valence electrons. The fourth-order valence-corrected chi connectivity index (χ4v) is 0.992. The summed E-state index contributed by atoms with van der Waals surface area (Å²) in [4.78, 5) is 21.5. The number of allylic oxidation sites excluding steroid dienone is 1. The molecule has 0 saturated heterocycles. The molecule has 5 nitrogen and oxygen atoms in total. The smallest absolute Gasteiger partial charge is 0.174 e. The van der Waals surface area contributed by atoms with Crippen molar-refractivity contribution in [1.82, 2.24) is 16.0 Å². The first-order valence-corrected chi connectivity index (χ1v) is 5.49. The van der Waals surface area contributed by atoms with Crippen molar-refractivity contribution in [1.29, 1.82) is 0 Å². The molecule has 0 aromatic carbocycles. The summed E-state index contributed by atoms with van der Waals surface area (Å²) in [5.41, 5.74) is 1.15. The third kappa shape index (κ3) is 9.32. The number of nitrogens with one attached hydrogen (secondary N) is 3. The van der Waals surface area contributed by atoms with Gasteiger partial charge < -0.3 is 16.0 Å². The predicted octanol–water partition coefficient (Wildman–Crippen LogP) is -0.0394. The average molecular weight is 239 g/mol. The van der Waals surface area contributed by atoms with Crippen molar-refractivity contribution >= 4 is 11.6 Å². The molecule has 0 spiro atoms. The van der Waals surface area contributed by atoms with E-state index in [1.54, 1.807) is 0 Å². The van der Waals surface area contributed by atoms with E-state index in [-0.39, 0.29) is 11.6 Å². The highest BCUT2D eigenvalue weighted by molar-refractivity contribution is 5.91. The minimum atomic E-state index is -0.0825. The van der Waals surface area contributed by atoms with Crippen LogP contribution in [0.4, 0.5) is 0 Å². The third-order valence-corrected chi connectivity index (χ3v) is 1.99. The number of hydrogen-bond donors (Lipinski definition) is 3. The normalized spacial score (nSPS) is 9.53. The number of rotatable bonds is 10. The highest BCUT2D eigenvalue weighted by Crippen LogP contribution is 1.88. The van der Waals surface area contributed by atoms with Gasteiger partial charge in [-0.2, -0.15) is 0 Å². The van der Waals surface area contributed by atoms with E-state index in [2.05, 4.69) is 29.1 Å². The summed E-state index contributed by atoms with van der Waals surface area (Å²) in [5.74, 6) is 0.0316. The Morgan fingerprint density at radius 1 is 1.00 bits per heavy atom. The number of carbonyl (C=O) groups is 2. The van der Waals surface area contributed by atoms with Crippen LogP contribution in [0.3, 0.4) is 0 Å². The van der Waals surface area contributed by atoms with E-state index < -0.39 is 0 Å². The molecule has 0 atom stereocenters. The van der Waals surface area contributed by atoms with Crippen LogP contribution >= 0.6 is 0 Å². The van der Waals surface area contributed by atoms with E-state index in [9.17, 15) is 9.59 Å². The van der Waals surface area contributed by atoms with Crippen molar-refractivity contribution in [3.63, 3.8) is 0 Å². The maximum absolute atomic E-state index is 10.9. The van der Waals surface area contributed by atoms with E-state index in [4.69, 9.17) is 0 Å². The summed E-state index contributed by atoms with van der Waals surface area (Å²) in [5, 5.41) is 8.91. The third-order valence-electron chi connectivity index (χ3n) is 1.99. The molecule has 0 aliphatic carbocycles. The van der Waals surface area contributed by atoms with Gasteiger partial charge in [-0.05, 0) is 6.92 Å². The van der Waals surface area contributed by atoms with Crippen molar-refractivity contribution in [2.45, 2.75) is 13.8 Å². The molecule has 0 aromatic rings. The molecule has 0 saturated carbocycles. The minimum Gasteiger partial charge on any atom is -0.386 e. The van der Waals surface area contributed by atoms with Gasteiger partial charge in [0.05, 0.1) is 18.8 Å². The highest BCUT2D eigenvalue weighted by atomic mass is 16.1. The van der Waals surface area contributed by atoms with E-state index in [0.29, 0.717) is 31.9 Å². The number of Topliss-reactive ketones (excluding diaryl/α,β-unsaturated/α-hetero) is 2. The van der Waals surface area contributed by atoms with Crippen LogP contribution in [0, 0.1) is 0 Å². The first kappa shape index (κ1) is 15.4. The molecule has 0 radical (unpaired) electrons. The van der Waals surface area contributed by atoms with Crippen LogP contribution in [0.2, 0.25) is 0 Å². The first-order valence-electron chi connectivity index (χ1n) is 5.49. The highest BCUT2D eigenvalue weighted by Gasteiger charge is 1.99. The van der Waals surface area contributed by atoms with Gasteiger partial charge in [-0.15, -0.1) is 0 Å². The fraction of sp³-hybridized carbons (Fsp3) is 0.500. The lowest BCUT2D eigenvalue weighted by Crippen LogP contribution is -2.32. The molecule has 5 heteroatoms. The molecule has 0 aliphatic heterocycles. The lowest BCUT2D eigenvalue weighted by atomic mass is 10.3. The van der Waals surface area contributed by atoms with Crippen LogP contribution < -0.4 is 16.0 Å². The largest absolute Gasteiger partial charge is 0.386 e. The van der Waals surface area contributed by atoms with Crippen molar-refractivity contribution in [2.75, 3.05) is 26.2 Å². The molecule has 0 bridgehead atoms. The van der Waals surface area contributed by atoms with Gasteiger partial charge in [0.15, 0.2) is 5.78 Å². The predicted molar refractivity (Wildman–Crippen MR) is 68.5 cm³/mol. The van der Waals surface area contributed by atoms with Crippen molar-refractivity contribution in [3.05, 3.63) is 24.6 Å². The molecule has 3 N–H and O–H groups in total. The molecule has 17 heavy (non-hydrogen) atoms. The van der Waals surface area contributed by atoms with Crippen LogP contribution in [0.1, 0.15) is 13.8 Å². The van der Waals surface area contributed by atoms with E-state index >= 15 is 0 Å². The van der Waals surface area contributed by atoms with Crippen LogP contribution in [0.5, 0.6) is 0 Å². The standard InChI is InChI=1S/C12H21N3O2/c1-9(7-15-11(3)12(4)17)14-6-5-13-8-10(2)16/h13-15H,1,3,5-8H2,2,4H3. The molecule has 0 unspecified atom stereocenters. The number of carbonyl (C=O) groups excluding carboxylic acids is 2. The van der Waals surface area contributed by atoms with Crippen LogP contribution in [0.15, 0.2) is 24.6 Å². The summed E-state index contributed by atoms with van der Waals surface area (Å²) in [6.07, 6.45) is 0. The Hall–Kier alpha value is -1.62. The van der Waals surface area contributed by atoms with Gasteiger partial charge in [-0.25, -0.2) is 0 Å². The molecule has 0 fully saturated rings. The Bertz CT molecular complexity index is 311. The molecule has 0 heterocycles. The van der Waals surface area contributed by atoms with E-state index in [0.717, 1.165) is 5.70 Å². The topological polar surface area (TPSA) is 70.2 Å². The lowest BCUT2D eigenvalue weighted by Gasteiger charge is -2.11. The van der Waals surface area contributed by atoms with Gasteiger partial charge in [0.2, 0.25) is 0 Å². The van der Waals surface area contributed by atoms with Crippen LogP contribution in [-0.4, -0.2) is 37.7 Å². The van der Waals surface area contributed by atoms with Gasteiger partial charge in [-0.3, -0.25) is 9.59 Å². The number of hydrogen-bond acceptors (Lipinski definition) is 5. The summed E-state index contributed by atoms with van der Waals surface area (Å²) in [6, 6.07) is 0. The van der Waals surface area contributed by atoms with Gasteiger partial charge >= 0.3 is 0 Å². The molecule has 0 aromatic heterocycles. The fourth-order valence-electron chi connectivity index (χ4n) is 0.992. The maximum Gasteiger partial charge on any atom is 0.174 e. The van der Waals surface area contributed by atoms with Crippen LogP contribution in [0.25, 0.3) is 0 Å². The molecule has 0 rings (SSSR count). The van der Waals surface area contributed by atoms with Crippen molar-refractivity contribution in [2.24, 2.45) is 0 Å². The Labute approximate surface area is 102 Å². The van der Waals surface area contributed by atoms with Gasteiger partial charge in [-0.1, -0.05) is 13.2 Å². The average Bonchev–Trinajstić information content (AvgIpc) is 2.24. The van der Waals surface area contributed by atoms with Gasteiger partial charge in [0, 0.05) is 25.7 Å². The van der Waals surface area contributed by atoms with Gasteiger partial charge in [0.25, 0.3) is 0 Å². The van der Waals surface area contributed by atoms with Crippen LogP contribution in [-0.2, 0) is 9.59 Å². The van der Waals surface area contributed by atoms with Crippen molar-refractivity contribution in [3.8, 4) is 0 Å². The minimum absolute atomic E-state index is 0.0825. The molecule has 0 aliphatic rings. The SMILES string of the molecule is C=C(CNC(=C)C(C)=O)NCCNCC(C)=O. The maximum atomic E-state index is 10.9. The van der Waals surface area contributed by atoms with E-state index in [1.165, 1.54) is 13.8 Å². The van der Waals surface area contributed by atoms with Crippen molar-refractivity contribution < 1.29 is 9.59 Å². The lowest BCUT2D eigenvalue weighted by molar-refractivity contribution is -0.116. The molecule has 0 amide bonds. The zero-order chi connectivity index (χ0) is 13.3. The Morgan fingerprint density at radius 3 is 2.18 bits per heavy atom. The quantitative estimate of drug-likeness (QED) is 0.369. The molecular formula is C12H21N3O2. The monoisotopic (exact) mass is 239 g/mol. The second kappa shape index (κ2) is 8.52. The summed E-state index contributed by atoms with van der Waals surface area (Å²) in [7, 11) is 0. The van der Waals surface area contributed by atoms with Gasteiger partial charge in [0.1, 0.15) is 5.78 Å². The number of ketones is 2. The second-order valence-corrected chi connectivity index (χ2v) is 3.80. The zero-order valence-electron chi connectivity index (χ0n) is 10.6. The summed E-state index contributed by atoms with van der Waals surface area (Å²) >= 11 is 0. The second-order valence-electron chi connectivity index (χ2n) is 3.80.